The lowest BCUT2D eigenvalue weighted by Gasteiger charge is -2.31. The predicted octanol–water partition coefficient (Wildman–Crippen LogP) is 1.66. The number of carbonyl (C=O) groups excluding carboxylic acids is 1. The van der Waals surface area contributed by atoms with Gasteiger partial charge in [-0.2, -0.15) is 8.78 Å². The number of para-hydroxylation sites is 1. The smallest absolute Gasteiger partial charge is 0.387 e. The highest BCUT2D eigenvalue weighted by Crippen LogP contribution is 2.22. The number of halogens is 2. The number of alkyl halides is 2. The molecule has 1 aliphatic heterocycles. The average molecular weight is 301 g/mol. The van der Waals surface area contributed by atoms with E-state index < -0.39 is 18.7 Å². The summed E-state index contributed by atoms with van der Waals surface area (Å²) in [5.74, 6) is -0.287. The van der Waals surface area contributed by atoms with Crippen LogP contribution in [0.3, 0.4) is 0 Å². The number of benzene rings is 1. The number of esters is 1. The van der Waals surface area contributed by atoms with Gasteiger partial charge in [0.1, 0.15) is 5.75 Å². The Hall–Kier alpha value is -1.73. The second-order valence-corrected chi connectivity index (χ2v) is 4.60. The molecule has 0 N–H and O–H groups in total. The highest BCUT2D eigenvalue weighted by atomic mass is 19.3. The van der Waals surface area contributed by atoms with Crippen molar-refractivity contribution in [1.82, 2.24) is 4.90 Å². The van der Waals surface area contributed by atoms with Gasteiger partial charge in [-0.25, -0.2) is 4.79 Å². The van der Waals surface area contributed by atoms with Crippen molar-refractivity contribution < 1.29 is 27.8 Å². The maximum Gasteiger partial charge on any atom is 0.387 e. The van der Waals surface area contributed by atoms with E-state index in [0.29, 0.717) is 31.8 Å². The van der Waals surface area contributed by atoms with Crippen LogP contribution in [0.25, 0.3) is 0 Å². The van der Waals surface area contributed by atoms with Crippen LogP contribution in [0.2, 0.25) is 0 Å². The van der Waals surface area contributed by atoms with Gasteiger partial charge < -0.3 is 14.2 Å². The maximum absolute atomic E-state index is 12.4. The van der Waals surface area contributed by atoms with Gasteiger partial charge in [0.2, 0.25) is 0 Å². The van der Waals surface area contributed by atoms with Crippen molar-refractivity contribution >= 4 is 5.97 Å². The van der Waals surface area contributed by atoms with Gasteiger partial charge in [-0.1, -0.05) is 18.2 Å². The minimum absolute atomic E-state index is 0.147. The highest BCUT2D eigenvalue weighted by Gasteiger charge is 2.27. The Bertz CT molecular complexity index is 484. The molecule has 0 bridgehead atoms. The van der Waals surface area contributed by atoms with Crippen molar-refractivity contribution in [1.29, 1.82) is 0 Å². The quantitative estimate of drug-likeness (QED) is 0.774. The summed E-state index contributed by atoms with van der Waals surface area (Å²) in [6.45, 7) is -1.11. The molecule has 21 heavy (non-hydrogen) atoms. The fourth-order valence-corrected chi connectivity index (χ4v) is 2.21. The number of morpholine rings is 1. The third-order valence-electron chi connectivity index (χ3n) is 3.20. The van der Waals surface area contributed by atoms with Crippen LogP contribution in [0, 0.1) is 0 Å². The minimum Gasteiger partial charge on any atom is -0.467 e. The molecule has 0 spiro atoms. The molecule has 0 saturated carbocycles. The van der Waals surface area contributed by atoms with Gasteiger partial charge in [0.25, 0.3) is 0 Å². The molecular weight excluding hydrogens is 284 g/mol. The summed E-state index contributed by atoms with van der Waals surface area (Å²) in [6.07, 6.45) is -0.646. The largest absolute Gasteiger partial charge is 0.467 e. The van der Waals surface area contributed by atoms with E-state index >= 15 is 0 Å². The zero-order valence-electron chi connectivity index (χ0n) is 11.6. The fourth-order valence-electron chi connectivity index (χ4n) is 2.21. The summed E-state index contributed by atoms with van der Waals surface area (Å²) in [5.41, 5.74) is 0.642. The molecule has 0 aliphatic carbocycles. The number of ether oxygens (including phenoxy) is 3. The lowest BCUT2D eigenvalue weighted by Crippen LogP contribution is -2.46. The van der Waals surface area contributed by atoms with E-state index in [4.69, 9.17) is 4.74 Å². The molecule has 1 heterocycles. The Morgan fingerprint density at radius 2 is 2.24 bits per heavy atom. The zero-order chi connectivity index (χ0) is 15.2. The summed E-state index contributed by atoms with van der Waals surface area (Å²) in [5, 5.41) is 0. The summed E-state index contributed by atoms with van der Waals surface area (Å²) in [7, 11) is 1.30. The Balaban J connectivity index is 2.02. The SMILES string of the molecule is COC(=O)C1CN(Cc2ccccc2OC(F)F)CCO1. The van der Waals surface area contributed by atoms with Gasteiger partial charge >= 0.3 is 12.6 Å². The van der Waals surface area contributed by atoms with E-state index in [0.717, 1.165) is 0 Å². The van der Waals surface area contributed by atoms with Crippen molar-refractivity contribution in [2.24, 2.45) is 0 Å². The molecule has 1 aliphatic rings. The summed E-state index contributed by atoms with van der Waals surface area (Å²) in [4.78, 5) is 13.4. The zero-order valence-corrected chi connectivity index (χ0v) is 11.6. The molecule has 7 heteroatoms. The van der Waals surface area contributed by atoms with Gasteiger partial charge in [0.05, 0.1) is 13.7 Å². The number of hydrogen-bond acceptors (Lipinski definition) is 5. The third-order valence-corrected chi connectivity index (χ3v) is 3.20. The van der Waals surface area contributed by atoms with Gasteiger partial charge in [-0.15, -0.1) is 0 Å². The number of hydrogen-bond donors (Lipinski definition) is 0. The second-order valence-electron chi connectivity index (χ2n) is 4.60. The summed E-state index contributed by atoms with van der Waals surface area (Å²) < 4.78 is 39.2. The van der Waals surface area contributed by atoms with E-state index in [-0.39, 0.29) is 5.75 Å². The Morgan fingerprint density at radius 3 is 2.95 bits per heavy atom. The molecule has 1 unspecified atom stereocenters. The lowest BCUT2D eigenvalue weighted by atomic mass is 10.1. The predicted molar refractivity (Wildman–Crippen MR) is 70.1 cm³/mol. The van der Waals surface area contributed by atoms with Gasteiger partial charge in [-0.3, -0.25) is 4.90 Å². The van der Waals surface area contributed by atoms with Crippen LogP contribution in [0.5, 0.6) is 5.75 Å². The van der Waals surface area contributed by atoms with Crippen LogP contribution < -0.4 is 4.74 Å². The van der Waals surface area contributed by atoms with Crippen LogP contribution in [0.15, 0.2) is 24.3 Å². The molecule has 1 aromatic rings. The van der Waals surface area contributed by atoms with Crippen molar-refractivity contribution in [2.75, 3.05) is 26.8 Å². The second kappa shape index (κ2) is 7.33. The lowest BCUT2D eigenvalue weighted by molar-refractivity contribution is -0.160. The minimum atomic E-state index is -2.86. The molecule has 1 fully saturated rings. The standard InChI is InChI=1S/C14H17F2NO4/c1-19-13(18)12-9-17(6-7-20-12)8-10-4-2-3-5-11(10)21-14(15)16/h2-5,12,14H,6-9H2,1H3. The van der Waals surface area contributed by atoms with Gasteiger partial charge in [0.15, 0.2) is 6.10 Å². The molecule has 0 amide bonds. The third kappa shape index (κ3) is 4.37. The van der Waals surface area contributed by atoms with Crippen LogP contribution in [-0.4, -0.2) is 50.4 Å². The maximum atomic E-state index is 12.4. The molecule has 2 rings (SSSR count). The first-order chi connectivity index (χ1) is 10.1. The molecular formula is C14H17F2NO4. The normalized spacial score (nSPS) is 19.5. The monoisotopic (exact) mass is 301 g/mol. The van der Waals surface area contributed by atoms with Crippen molar-refractivity contribution in [3.8, 4) is 5.75 Å². The topological polar surface area (TPSA) is 48.0 Å². The van der Waals surface area contributed by atoms with Gasteiger partial charge in [-0.05, 0) is 6.07 Å². The fraction of sp³-hybridized carbons (Fsp3) is 0.500. The first-order valence-corrected chi connectivity index (χ1v) is 6.54. The van der Waals surface area contributed by atoms with Crippen LogP contribution in [0.4, 0.5) is 8.78 Å². The van der Waals surface area contributed by atoms with Crippen molar-refractivity contribution in [3.63, 3.8) is 0 Å². The molecule has 116 valence electrons. The van der Waals surface area contributed by atoms with Crippen molar-refractivity contribution in [2.45, 2.75) is 19.3 Å². The number of carbonyl (C=O) groups is 1. The van der Waals surface area contributed by atoms with Gasteiger partial charge in [0, 0.05) is 25.2 Å². The molecule has 1 saturated heterocycles. The summed E-state index contributed by atoms with van der Waals surface area (Å²) >= 11 is 0. The highest BCUT2D eigenvalue weighted by molar-refractivity contribution is 5.74. The first-order valence-electron chi connectivity index (χ1n) is 6.54. The molecule has 1 aromatic carbocycles. The first kappa shape index (κ1) is 15.7. The average Bonchev–Trinajstić information content (AvgIpc) is 2.48. The van der Waals surface area contributed by atoms with Crippen molar-refractivity contribution in [3.05, 3.63) is 29.8 Å². The Morgan fingerprint density at radius 1 is 1.48 bits per heavy atom. The van der Waals surface area contributed by atoms with Crippen LogP contribution in [0.1, 0.15) is 5.56 Å². The summed E-state index contributed by atoms with van der Waals surface area (Å²) in [6, 6.07) is 6.61. The molecule has 0 aromatic heterocycles. The molecule has 0 radical (unpaired) electrons. The van der Waals surface area contributed by atoms with E-state index in [1.54, 1.807) is 18.2 Å². The number of rotatable bonds is 5. The molecule has 1 atom stereocenters. The van der Waals surface area contributed by atoms with Crippen LogP contribution >= 0.6 is 0 Å². The van der Waals surface area contributed by atoms with E-state index in [2.05, 4.69) is 9.47 Å². The number of methoxy groups -OCH3 is 1. The van der Waals surface area contributed by atoms with E-state index in [1.807, 2.05) is 4.90 Å². The Labute approximate surface area is 121 Å². The molecule has 5 nitrogen and oxygen atoms in total. The van der Waals surface area contributed by atoms with E-state index in [9.17, 15) is 13.6 Å². The number of nitrogens with zero attached hydrogens (tertiary/aromatic N) is 1. The Kier molecular flexibility index (Phi) is 5.46. The van der Waals surface area contributed by atoms with Crippen LogP contribution in [-0.2, 0) is 20.8 Å². The van der Waals surface area contributed by atoms with E-state index in [1.165, 1.54) is 13.2 Å².